The molecule has 1 aliphatic rings. The van der Waals surface area contributed by atoms with Gasteiger partial charge in [-0.05, 0) is 0 Å². The van der Waals surface area contributed by atoms with Crippen molar-refractivity contribution in [2.45, 2.75) is 0 Å². The van der Waals surface area contributed by atoms with E-state index in [1.165, 1.54) is 4.01 Å². The van der Waals surface area contributed by atoms with E-state index in [4.69, 9.17) is 5.73 Å². The largest absolute Gasteiger partial charge is 0.392 e. The molecule has 0 aromatic carbocycles. The maximum absolute atomic E-state index is 12.3. The normalized spacial score (nSPS) is 19.1. The Morgan fingerprint density at radius 2 is 2.11 bits per heavy atom. The molecule has 2 N–H and O–H groups in total. The maximum atomic E-state index is 12.3. The minimum atomic E-state index is -0.714. The van der Waals surface area contributed by atoms with Crippen LogP contribution in [0.25, 0.3) is 0 Å². The number of nitrogens with two attached hydrogens (primary N) is 1. The topological polar surface area (TPSA) is 26.0 Å². The van der Waals surface area contributed by atoms with E-state index < -0.39 is 32.4 Å². The second kappa shape index (κ2) is 2.55. The van der Waals surface area contributed by atoms with Gasteiger partial charge in [-0.3, -0.25) is 0 Å². The summed E-state index contributed by atoms with van der Waals surface area (Å²) >= 11 is -0.714. The van der Waals surface area contributed by atoms with Crippen molar-refractivity contribution in [2.24, 2.45) is 5.73 Å². The van der Waals surface area contributed by atoms with E-state index in [0.29, 0.717) is 0 Å². The number of hydrogen-bond acceptors (Lipinski definition) is 1. The Morgan fingerprint density at radius 3 is 2.56 bits per heavy atom. The predicted octanol–water partition coefficient (Wildman–Crippen LogP) is 1.72. The molecule has 0 bridgehead atoms. The monoisotopic (exact) mass is 243 g/mol. The van der Waals surface area contributed by atoms with Gasteiger partial charge in [0, 0.05) is 10.1 Å². The molecular formula is C5H4F2IN. The highest BCUT2D eigenvalue weighted by molar-refractivity contribution is 14.2. The molecule has 0 atom stereocenters. The molecule has 4 heteroatoms. The van der Waals surface area contributed by atoms with Crippen LogP contribution in [0, 0.1) is 0 Å². The number of hydrogen-bond donors (Lipinski definition) is 1. The van der Waals surface area contributed by atoms with Crippen molar-refractivity contribution in [3.8, 4) is 0 Å². The summed E-state index contributed by atoms with van der Waals surface area (Å²) in [6, 6.07) is 0. The van der Waals surface area contributed by atoms with Gasteiger partial charge in [0.05, 0.1) is 0 Å². The molecule has 0 spiro atoms. The van der Waals surface area contributed by atoms with Crippen molar-refractivity contribution in [1.29, 1.82) is 0 Å². The Bertz CT molecular complexity index is 217. The quantitative estimate of drug-likeness (QED) is 0.508. The van der Waals surface area contributed by atoms with Crippen molar-refractivity contribution in [2.75, 3.05) is 0 Å². The smallest absolute Gasteiger partial charge is 0.154 e. The van der Waals surface area contributed by atoms with E-state index >= 15 is 0 Å². The van der Waals surface area contributed by atoms with E-state index in [-0.39, 0.29) is 3.70 Å². The molecule has 1 heterocycles. The zero-order chi connectivity index (χ0) is 6.85. The van der Waals surface area contributed by atoms with Gasteiger partial charge in [0.2, 0.25) is 0 Å². The van der Waals surface area contributed by atoms with Gasteiger partial charge < -0.3 is 5.73 Å². The Hall–Kier alpha value is -0.260. The molecular weight excluding hydrogens is 239 g/mol. The third kappa shape index (κ3) is 1.57. The van der Waals surface area contributed by atoms with Crippen molar-refractivity contribution in [1.82, 2.24) is 0 Å². The SMILES string of the molecule is NC1=C(F)C=C(F)C=I1. The summed E-state index contributed by atoms with van der Waals surface area (Å²) in [5.74, 6) is -1.11. The van der Waals surface area contributed by atoms with Crippen LogP contribution in [0.5, 0.6) is 0 Å². The lowest BCUT2D eigenvalue weighted by molar-refractivity contribution is 0.638. The van der Waals surface area contributed by atoms with Crippen LogP contribution in [0.3, 0.4) is 0 Å². The van der Waals surface area contributed by atoms with E-state index in [0.717, 1.165) is 6.08 Å². The Balaban J connectivity index is 3.01. The molecule has 0 saturated carbocycles. The molecule has 0 amide bonds. The molecule has 0 aromatic heterocycles. The van der Waals surface area contributed by atoms with E-state index in [1.807, 2.05) is 0 Å². The zero-order valence-electron chi connectivity index (χ0n) is 4.37. The molecule has 1 aliphatic heterocycles. The standard InChI is InChI=1S/C5H4F2IN/c6-3-1-4(7)5(9)8-2-3/h1-2H,9H2. The van der Waals surface area contributed by atoms with Gasteiger partial charge in [-0.25, -0.2) is 8.78 Å². The van der Waals surface area contributed by atoms with Crippen molar-refractivity contribution < 1.29 is 8.78 Å². The highest BCUT2D eigenvalue weighted by Gasteiger charge is 2.03. The van der Waals surface area contributed by atoms with Gasteiger partial charge in [-0.2, -0.15) is 0 Å². The molecule has 0 fully saturated rings. The van der Waals surface area contributed by atoms with Gasteiger partial charge in [-0.1, -0.05) is 20.7 Å². The first-order chi connectivity index (χ1) is 4.20. The summed E-state index contributed by atoms with van der Waals surface area (Å²) in [5.41, 5.74) is 5.15. The summed E-state index contributed by atoms with van der Waals surface area (Å²) < 4.78 is 25.9. The number of halogens is 3. The number of allylic oxidation sites excluding steroid dienone is 3. The molecule has 0 aromatic rings. The first-order valence-electron chi connectivity index (χ1n) is 2.19. The maximum Gasteiger partial charge on any atom is 0.154 e. The summed E-state index contributed by atoms with van der Waals surface area (Å²) in [6.07, 6.45) is 0.804. The van der Waals surface area contributed by atoms with Crippen LogP contribution in [-0.4, -0.2) is 4.01 Å². The van der Waals surface area contributed by atoms with Gasteiger partial charge in [-0.15, -0.1) is 0 Å². The van der Waals surface area contributed by atoms with Crippen LogP contribution in [0.2, 0.25) is 0 Å². The van der Waals surface area contributed by atoms with E-state index in [9.17, 15) is 8.78 Å². The fraction of sp³-hybridized carbons (Fsp3) is 0. The number of rotatable bonds is 0. The van der Waals surface area contributed by atoms with Crippen LogP contribution in [-0.2, 0) is 0 Å². The molecule has 0 saturated heterocycles. The molecule has 0 radical (unpaired) electrons. The Labute approximate surface area is 61.0 Å². The molecule has 1 rings (SSSR count). The van der Waals surface area contributed by atoms with E-state index in [2.05, 4.69) is 0 Å². The fourth-order valence-corrected chi connectivity index (χ4v) is 1.65. The second-order valence-corrected chi connectivity index (χ2v) is 3.85. The average molecular weight is 243 g/mol. The molecule has 50 valence electrons. The highest BCUT2D eigenvalue weighted by Crippen LogP contribution is 2.22. The zero-order valence-corrected chi connectivity index (χ0v) is 6.52. The van der Waals surface area contributed by atoms with Gasteiger partial charge in [0.1, 0.15) is 9.53 Å². The lowest BCUT2D eigenvalue weighted by Gasteiger charge is -1.97. The van der Waals surface area contributed by atoms with Crippen molar-refractivity contribution >= 4 is 24.7 Å². The van der Waals surface area contributed by atoms with Crippen LogP contribution >= 0.6 is 20.7 Å². The fourth-order valence-electron chi connectivity index (χ4n) is 0.385. The molecule has 0 unspecified atom stereocenters. The van der Waals surface area contributed by atoms with Crippen molar-refractivity contribution in [3.63, 3.8) is 0 Å². The lowest BCUT2D eigenvalue weighted by Crippen LogP contribution is -1.94. The first-order valence-corrected chi connectivity index (χ1v) is 4.51. The predicted molar refractivity (Wildman–Crippen MR) is 41.6 cm³/mol. The van der Waals surface area contributed by atoms with Gasteiger partial charge in [0.15, 0.2) is 5.83 Å². The summed E-state index contributed by atoms with van der Waals surface area (Å²) in [7, 11) is 0. The molecule has 1 nitrogen and oxygen atoms in total. The summed E-state index contributed by atoms with van der Waals surface area (Å²) in [5, 5.41) is 0. The lowest BCUT2D eigenvalue weighted by atomic mass is 10.4. The van der Waals surface area contributed by atoms with Crippen LogP contribution in [0.15, 0.2) is 21.4 Å². The van der Waals surface area contributed by atoms with Crippen LogP contribution < -0.4 is 5.73 Å². The third-order valence-corrected chi connectivity index (χ3v) is 2.86. The average Bonchev–Trinajstić information content (AvgIpc) is 1.80. The summed E-state index contributed by atoms with van der Waals surface area (Å²) in [4.78, 5) is 0. The van der Waals surface area contributed by atoms with Crippen molar-refractivity contribution in [3.05, 3.63) is 21.4 Å². The minimum absolute atomic E-state index is 0.204. The second-order valence-electron chi connectivity index (χ2n) is 1.44. The van der Waals surface area contributed by atoms with Crippen LogP contribution in [0.1, 0.15) is 0 Å². The van der Waals surface area contributed by atoms with E-state index in [1.54, 1.807) is 0 Å². The van der Waals surface area contributed by atoms with Gasteiger partial charge >= 0.3 is 0 Å². The molecule has 9 heavy (non-hydrogen) atoms. The molecule has 0 aliphatic carbocycles. The Morgan fingerprint density at radius 1 is 1.44 bits per heavy atom. The van der Waals surface area contributed by atoms with Gasteiger partial charge in [0.25, 0.3) is 0 Å². The van der Waals surface area contributed by atoms with Crippen LogP contribution in [0.4, 0.5) is 8.78 Å². The Kier molecular flexibility index (Phi) is 1.94. The first kappa shape index (κ1) is 6.85. The summed E-state index contributed by atoms with van der Waals surface area (Å²) in [6.45, 7) is 0. The minimum Gasteiger partial charge on any atom is -0.392 e. The highest BCUT2D eigenvalue weighted by atomic mass is 127. The third-order valence-electron chi connectivity index (χ3n) is 0.769.